The summed E-state index contributed by atoms with van der Waals surface area (Å²) in [6, 6.07) is 10.7. The van der Waals surface area contributed by atoms with E-state index in [-0.39, 0.29) is 6.42 Å². The maximum Gasteiger partial charge on any atom is 0.306 e. The van der Waals surface area contributed by atoms with Crippen molar-refractivity contribution in [1.82, 2.24) is 10.2 Å². The van der Waals surface area contributed by atoms with Crippen molar-refractivity contribution in [3.8, 4) is 0 Å². The summed E-state index contributed by atoms with van der Waals surface area (Å²) < 4.78 is 0. The molecule has 5 nitrogen and oxygen atoms in total. The van der Waals surface area contributed by atoms with E-state index in [2.05, 4.69) is 34.5 Å². The normalized spacial score (nSPS) is 21.1. The molecule has 116 valence electrons. The first kappa shape index (κ1) is 15.9. The second kappa shape index (κ2) is 8.12. The first-order valence-corrected chi connectivity index (χ1v) is 7.53. The van der Waals surface area contributed by atoms with Crippen LogP contribution in [0.3, 0.4) is 0 Å². The molecule has 1 aliphatic rings. The first-order chi connectivity index (χ1) is 10.1. The minimum atomic E-state index is -0.960. The Hall–Kier alpha value is -1.43. The summed E-state index contributed by atoms with van der Waals surface area (Å²) in [4.78, 5) is 12.9. The van der Waals surface area contributed by atoms with Gasteiger partial charge in [0.25, 0.3) is 0 Å². The quantitative estimate of drug-likeness (QED) is 0.701. The molecule has 2 atom stereocenters. The van der Waals surface area contributed by atoms with Crippen molar-refractivity contribution in [2.75, 3.05) is 19.6 Å². The second-order valence-corrected chi connectivity index (χ2v) is 5.72. The molecule has 0 spiro atoms. The van der Waals surface area contributed by atoms with Gasteiger partial charge < -0.3 is 15.5 Å². The molecule has 0 saturated carbocycles. The molecule has 0 aromatic heterocycles. The van der Waals surface area contributed by atoms with Crippen molar-refractivity contribution in [2.24, 2.45) is 0 Å². The van der Waals surface area contributed by atoms with Gasteiger partial charge in [0.1, 0.15) is 0 Å². The highest BCUT2D eigenvalue weighted by molar-refractivity contribution is 5.67. The predicted molar refractivity (Wildman–Crippen MR) is 81.0 cm³/mol. The highest BCUT2D eigenvalue weighted by atomic mass is 16.4. The Kier molecular flexibility index (Phi) is 6.17. The number of rotatable bonds is 7. The number of carbonyl (C=O) groups is 1. The van der Waals surface area contributed by atoms with Gasteiger partial charge in [0.2, 0.25) is 0 Å². The molecule has 1 saturated heterocycles. The molecule has 1 heterocycles. The number of carboxylic acids is 1. The number of aliphatic hydroxyl groups excluding tert-OH is 1. The van der Waals surface area contributed by atoms with Crippen LogP contribution in [0.4, 0.5) is 0 Å². The molecule has 21 heavy (non-hydrogen) atoms. The molecule has 2 unspecified atom stereocenters. The lowest BCUT2D eigenvalue weighted by Gasteiger charge is -2.33. The minimum Gasteiger partial charge on any atom is -0.481 e. The Bertz CT molecular complexity index is 438. The number of carboxylic acid groups (broad SMARTS) is 1. The van der Waals surface area contributed by atoms with E-state index in [1.54, 1.807) is 0 Å². The van der Waals surface area contributed by atoms with Crippen molar-refractivity contribution in [3.63, 3.8) is 0 Å². The lowest BCUT2D eigenvalue weighted by Crippen LogP contribution is -2.47. The van der Waals surface area contributed by atoms with Crippen molar-refractivity contribution < 1.29 is 15.0 Å². The largest absolute Gasteiger partial charge is 0.481 e. The van der Waals surface area contributed by atoms with E-state index in [1.165, 1.54) is 5.56 Å². The van der Waals surface area contributed by atoms with Crippen LogP contribution in [-0.2, 0) is 11.3 Å². The van der Waals surface area contributed by atoms with Crippen LogP contribution >= 0.6 is 0 Å². The molecule has 1 aromatic carbocycles. The van der Waals surface area contributed by atoms with Crippen LogP contribution < -0.4 is 5.32 Å². The zero-order chi connectivity index (χ0) is 15.1. The Morgan fingerprint density at radius 3 is 2.86 bits per heavy atom. The fraction of sp³-hybridized carbons (Fsp3) is 0.562. The van der Waals surface area contributed by atoms with E-state index >= 15 is 0 Å². The number of aliphatic carboxylic acids is 1. The van der Waals surface area contributed by atoms with Crippen LogP contribution in [0.25, 0.3) is 0 Å². The number of aliphatic hydroxyl groups is 1. The summed E-state index contributed by atoms with van der Waals surface area (Å²) in [5.74, 6) is -0.960. The zero-order valence-corrected chi connectivity index (χ0v) is 12.2. The van der Waals surface area contributed by atoms with Gasteiger partial charge in [-0.3, -0.25) is 9.69 Å². The summed E-state index contributed by atoms with van der Waals surface area (Å²) in [6.45, 7) is 3.31. The van der Waals surface area contributed by atoms with Gasteiger partial charge in [-0.2, -0.15) is 0 Å². The van der Waals surface area contributed by atoms with Crippen molar-refractivity contribution >= 4 is 5.97 Å². The van der Waals surface area contributed by atoms with Crippen LogP contribution in [0.2, 0.25) is 0 Å². The number of piperidine rings is 1. The summed E-state index contributed by atoms with van der Waals surface area (Å²) in [5, 5.41) is 21.5. The van der Waals surface area contributed by atoms with Gasteiger partial charge in [0.15, 0.2) is 0 Å². The third kappa shape index (κ3) is 5.83. The lowest BCUT2D eigenvalue weighted by molar-refractivity contribution is -0.139. The van der Waals surface area contributed by atoms with Gasteiger partial charge in [-0.25, -0.2) is 0 Å². The van der Waals surface area contributed by atoms with E-state index in [0.717, 1.165) is 32.5 Å². The average Bonchev–Trinajstić information content (AvgIpc) is 2.46. The van der Waals surface area contributed by atoms with Crippen LogP contribution in [0.1, 0.15) is 24.8 Å². The molecular formula is C16H24N2O3. The molecule has 0 aliphatic carbocycles. The van der Waals surface area contributed by atoms with Crippen molar-refractivity contribution in [3.05, 3.63) is 35.9 Å². The average molecular weight is 292 g/mol. The fourth-order valence-corrected chi connectivity index (χ4v) is 2.78. The number of hydrogen-bond acceptors (Lipinski definition) is 4. The molecular weight excluding hydrogens is 268 g/mol. The maximum absolute atomic E-state index is 10.5. The molecule has 0 bridgehead atoms. The van der Waals surface area contributed by atoms with Crippen LogP contribution in [0.5, 0.6) is 0 Å². The van der Waals surface area contributed by atoms with Gasteiger partial charge in [-0.05, 0) is 24.9 Å². The summed E-state index contributed by atoms with van der Waals surface area (Å²) in [6.07, 6.45) is 1.19. The smallest absolute Gasteiger partial charge is 0.306 e. The number of hydrogen-bond donors (Lipinski definition) is 3. The van der Waals surface area contributed by atoms with Gasteiger partial charge in [0.05, 0.1) is 12.5 Å². The van der Waals surface area contributed by atoms with Crippen LogP contribution in [0, 0.1) is 0 Å². The van der Waals surface area contributed by atoms with E-state index < -0.39 is 12.1 Å². The SMILES string of the molecule is O=C(O)CC(O)CNC1CCCN(Cc2ccccc2)C1. The van der Waals surface area contributed by atoms with Crippen molar-refractivity contribution in [1.29, 1.82) is 0 Å². The van der Waals surface area contributed by atoms with Gasteiger partial charge >= 0.3 is 5.97 Å². The fourth-order valence-electron chi connectivity index (χ4n) is 2.78. The van der Waals surface area contributed by atoms with E-state index in [9.17, 15) is 9.90 Å². The number of nitrogens with one attached hydrogen (secondary N) is 1. The van der Waals surface area contributed by atoms with E-state index in [0.29, 0.717) is 12.6 Å². The molecule has 1 fully saturated rings. The highest BCUT2D eigenvalue weighted by Crippen LogP contribution is 2.13. The number of likely N-dealkylation sites (tertiary alicyclic amines) is 1. The molecule has 5 heteroatoms. The Labute approximate surface area is 125 Å². The van der Waals surface area contributed by atoms with Crippen molar-refractivity contribution in [2.45, 2.75) is 38.0 Å². The van der Waals surface area contributed by atoms with E-state index in [4.69, 9.17) is 5.11 Å². The third-order valence-electron chi connectivity index (χ3n) is 3.81. The Morgan fingerprint density at radius 1 is 1.38 bits per heavy atom. The number of nitrogens with zero attached hydrogens (tertiary/aromatic N) is 1. The van der Waals surface area contributed by atoms with Crippen LogP contribution in [0.15, 0.2) is 30.3 Å². The first-order valence-electron chi connectivity index (χ1n) is 7.53. The zero-order valence-electron chi connectivity index (χ0n) is 12.2. The summed E-state index contributed by atoms with van der Waals surface area (Å²) in [5.41, 5.74) is 1.31. The molecule has 0 amide bonds. The topological polar surface area (TPSA) is 72.8 Å². The monoisotopic (exact) mass is 292 g/mol. The summed E-state index contributed by atoms with van der Waals surface area (Å²) in [7, 11) is 0. The molecule has 1 aromatic rings. The minimum absolute atomic E-state index is 0.201. The Morgan fingerprint density at radius 2 is 2.14 bits per heavy atom. The summed E-state index contributed by atoms with van der Waals surface area (Å²) >= 11 is 0. The molecule has 1 aliphatic heterocycles. The molecule has 0 radical (unpaired) electrons. The third-order valence-corrected chi connectivity index (χ3v) is 3.81. The predicted octanol–water partition coefficient (Wildman–Crippen LogP) is 1.08. The van der Waals surface area contributed by atoms with E-state index in [1.807, 2.05) is 6.07 Å². The Balaban J connectivity index is 1.74. The standard InChI is InChI=1S/C16H24N2O3/c19-15(9-16(20)21)10-17-14-7-4-8-18(12-14)11-13-5-2-1-3-6-13/h1-3,5-6,14-15,17,19H,4,7-12H2,(H,20,21). The highest BCUT2D eigenvalue weighted by Gasteiger charge is 2.20. The molecule has 2 rings (SSSR count). The van der Waals surface area contributed by atoms with Gasteiger partial charge in [-0.1, -0.05) is 30.3 Å². The van der Waals surface area contributed by atoms with Gasteiger partial charge in [-0.15, -0.1) is 0 Å². The lowest BCUT2D eigenvalue weighted by atomic mass is 10.0. The second-order valence-electron chi connectivity index (χ2n) is 5.72. The van der Waals surface area contributed by atoms with Gasteiger partial charge in [0, 0.05) is 25.7 Å². The number of benzene rings is 1. The van der Waals surface area contributed by atoms with Crippen LogP contribution in [-0.4, -0.2) is 52.9 Å². The molecule has 3 N–H and O–H groups in total. The maximum atomic E-state index is 10.5.